The van der Waals surface area contributed by atoms with Crippen molar-refractivity contribution in [2.45, 2.75) is 44.1 Å². The lowest BCUT2D eigenvalue weighted by Gasteiger charge is -2.38. The number of hydrogen-bond donors (Lipinski definition) is 2. The molecule has 1 saturated heterocycles. The molecule has 2 rings (SSSR count). The molecule has 3 heteroatoms. The van der Waals surface area contributed by atoms with Gasteiger partial charge in [-0.25, -0.2) is 0 Å². The maximum absolute atomic E-state index is 9.65. The maximum Gasteiger partial charge on any atom is 0.0586 e. The lowest BCUT2D eigenvalue weighted by atomic mass is 9.81. The molecular weight excluding hydrogens is 248 g/mol. The zero-order valence-corrected chi connectivity index (χ0v) is 12.6. The largest absolute Gasteiger partial charge is 0.395 e. The summed E-state index contributed by atoms with van der Waals surface area (Å²) in [7, 11) is 0. The Labute approximate surface area is 122 Å². The van der Waals surface area contributed by atoms with Crippen LogP contribution in [0.3, 0.4) is 0 Å². The smallest absolute Gasteiger partial charge is 0.0586 e. The van der Waals surface area contributed by atoms with Crippen molar-refractivity contribution in [3.8, 4) is 0 Å². The standard InChI is InChI=1S/C17H28N2O/c1-17(13-18,15-8-4-2-5-9-15)14-19-11-7-3-6-10-16(19)12-20/h2,4-5,8-9,16,20H,3,6-7,10-14,18H2,1H3. The van der Waals surface area contributed by atoms with E-state index in [9.17, 15) is 5.11 Å². The number of aliphatic hydroxyl groups excluding tert-OH is 1. The van der Waals surface area contributed by atoms with Crippen LogP contribution in [0, 0.1) is 0 Å². The minimum Gasteiger partial charge on any atom is -0.395 e. The van der Waals surface area contributed by atoms with Crippen molar-refractivity contribution < 1.29 is 5.11 Å². The summed E-state index contributed by atoms with van der Waals surface area (Å²) in [6, 6.07) is 10.8. The minimum absolute atomic E-state index is 0.0426. The van der Waals surface area contributed by atoms with Crippen LogP contribution in [0.15, 0.2) is 30.3 Å². The van der Waals surface area contributed by atoms with E-state index >= 15 is 0 Å². The zero-order chi connectivity index (χ0) is 14.4. The second-order valence-electron chi connectivity index (χ2n) is 6.29. The summed E-state index contributed by atoms with van der Waals surface area (Å²) in [6.45, 7) is 5.13. The van der Waals surface area contributed by atoms with E-state index in [1.807, 2.05) is 6.07 Å². The number of benzene rings is 1. The summed E-state index contributed by atoms with van der Waals surface area (Å²) in [5.74, 6) is 0. The molecule has 0 amide bonds. The Hall–Kier alpha value is -0.900. The van der Waals surface area contributed by atoms with Gasteiger partial charge in [-0.1, -0.05) is 50.1 Å². The summed E-state index contributed by atoms with van der Waals surface area (Å²) in [6.07, 6.45) is 4.84. The molecule has 0 saturated carbocycles. The van der Waals surface area contributed by atoms with Crippen LogP contribution in [-0.2, 0) is 5.41 Å². The van der Waals surface area contributed by atoms with Gasteiger partial charge >= 0.3 is 0 Å². The van der Waals surface area contributed by atoms with Gasteiger partial charge in [0.2, 0.25) is 0 Å². The molecule has 0 bridgehead atoms. The van der Waals surface area contributed by atoms with Gasteiger partial charge in [0.05, 0.1) is 6.61 Å². The van der Waals surface area contributed by atoms with Gasteiger partial charge in [-0.05, 0) is 24.9 Å². The molecule has 1 aromatic rings. The first-order valence-electron chi connectivity index (χ1n) is 7.80. The minimum atomic E-state index is -0.0426. The second-order valence-corrected chi connectivity index (χ2v) is 6.29. The van der Waals surface area contributed by atoms with Gasteiger partial charge in [0.15, 0.2) is 0 Å². The fourth-order valence-electron chi connectivity index (χ4n) is 3.21. The van der Waals surface area contributed by atoms with E-state index < -0.39 is 0 Å². The van der Waals surface area contributed by atoms with Crippen LogP contribution < -0.4 is 5.73 Å². The predicted octanol–water partition coefficient (Wildman–Crippen LogP) is 2.14. The Morgan fingerprint density at radius 2 is 2.00 bits per heavy atom. The maximum atomic E-state index is 9.65. The molecule has 1 fully saturated rings. The predicted molar refractivity (Wildman–Crippen MR) is 83.8 cm³/mol. The lowest BCUT2D eigenvalue weighted by molar-refractivity contribution is 0.104. The van der Waals surface area contributed by atoms with Gasteiger partial charge < -0.3 is 10.8 Å². The van der Waals surface area contributed by atoms with Crippen molar-refractivity contribution in [3.63, 3.8) is 0 Å². The van der Waals surface area contributed by atoms with Gasteiger partial charge in [0.1, 0.15) is 0 Å². The molecule has 2 unspecified atom stereocenters. The number of nitrogens with two attached hydrogens (primary N) is 1. The van der Waals surface area contributed by atoms with Crippen molar-refractivity contribution in [1.29, 1.82) is 0 Å². The van der Waals surface area contributed by atoms with Crippen molar-refractivity contribution >= 4 is 0 Å². The molecule has 0 aromatic heterocycles. The van der Waals surface area contributed by atoms with Gasteiger partial charge in [-0.3, -0.25) is 4.90 Å². The van der Waals surface area contributed by atoms with Gasteiger partial charge in [-0.2, -0.15) is 0 Å². The third-order valence-corrected chi connectivity index (χ3v) is 4.68. The van der Waals surface area contributed by atoms with Crippen LogP contribution in [0.2, 0.25) is 0 Å². The SMILES string of the molecule is CC(CN)(CN1CCCCCC1CO)c1ccccc1. The normalized spacial score (nSPS) is 24.1. The Bertz CT molecular complexity index is 395. The quantitative estimate of drug-likeness (QED) is 0.866. The highest BCUT2D eigenvalue weighted by atomic mass is 16.3. The molecule has 0 spiro atoms. The molecule has 0 radical (unpaired) electrons. The highest BCUT2D eigenvalue weighted by molar-refractivity contribution is 5.25. The molecule has 0 aliphatic carbocycles. The summed E-state index contributed by atoms with van der Waals surface area (Å²) in [5, 5.41) is 9.65. The summed E-state index contributed by atoms with van der Waals surface area (Å²) in [4.78, 5) is 2.45. The molecule has 1 heterocycles. The lowest BCUT2D eigenvalue weighted by Crippen LogP contribution is -2.48. The summed E-state index contributed by atoms with van der Waals surface area (Å²) in [5.41, 5.74) is 7.35. The average Bonchev–Trinajstić information content (AvgIpc) is 2.73. The van der Waals surface area contributed by atoms with Crippen LogP contribution >= 0.6 is 0 Å². The molecular formula is C17H28N2O. The number of aliphatic hydroxyl groups is 1. The fourth-order valence-corrected chi connectivity index (χ4v) is 3.21. The topological polar surface area (TPSA) is 49.5 Å². The highest BCUT2D eigenvalue weighted by Gasteiger charge is 2.31. The van der Waals surface area contributed by atoms with Crippen LogP contribution in [0.4, 0.5) is 0 Å². The van der Waals surface area contributed by atoms with Gasteiger partial charge in [0.25, 0.3) is 0 Å². The molecule has 3 nitrogen and oxygen atoms in total. The Balaban J connectivity index is 2.15. The van der Waals surface area contributed by atoms with Crippen molar-refractivity contribution in [1.82, 2.24) is 4.90 Å². The van der Waals surface area contributed by atoms with Crippen LogP contribution in [0.25, 0.3) is 0 Å². The Morgan fingerprint density at radius 1 is 1.25 bits per heavy atom. The first-order valence-corrected chi connectivity index (χ1v) is 7.80. The second kappa shape index (κ2) is 7.21. The Morgan fingerprint density at radius 3 is 2.65 bits per heavy atom. The fraction of sp³-hybridized carbons (Fsp3) is 0.647. The van der Waals surface area contributed by atoms with E-state index in [-0.39, 0.29) is 12.0 Å². The Kier molecular flexibility index (Phi) is 5.58. The molecule has 3 N–H and O–H groups in total. The van der Waals surface area contributed by atoms with Crippen molar-refractivity contribution in [3.05, 3.63) is 35.9 Å². The number of rotatable bonds is 5. The third-order valence-electron chi connectivity index (χ3n) is 4.68. The average molecular weight is 276 g/mol. The molecule has 20 heavy (non-hydrogen) atoms. The first-order chi connectivity index (χ1) is 9.69. The molecule has 1 aromatic carbocycles. The molecule has 2 atom stereocenters. The summed E-state index contributed by atoms with van der Waals surface area (Å²) < 4.78 is 0. The van der Waals surface area contributed by atoms with E-state index in [1.165, 1.54) is 24.8 Å². The van der Waals surface area contributed by atoms with E-state index in [0.717, 1.165) is 19.5 Å². The van der Waals surface area contributed by atoms with Gasteiger partial charge in [-0.15, -0.1) is 0 Å². The van der Waals surface area contributed by atoms with E-state index in [2.05, 4.69) is 36.1 Å². The van der Waals surface area contributed by atoms with Crippen LogP contribution in [0.5, 0.6) is 0 Å². The monoisotopic (exact) mass is 276 g/mol. The van der Waals surface area contributed by atoms with Crippen molar-refractivity contribution in [2.75, 3.05) is 26.2 Å². The number of nitrogens with zero attached hydrogens (tertiary/aromatic N) is 1. The summed E-state index contributed by atoms with van der Waals surface area (Å²) >= 11 is 0. The van der Waals surface area contributed by atoms with Crippen LogP contribution in [-0.4, -0.2) is 42.3 Å². The van der Waals surface area contributed by atoms with Gasteiger partial charge in [0, 0.05) is 24.5 Å². The number of hydrogen-bond acceptors (Lipinski definition) is 3. The molecule has 112 valence electrons. The van der Waals surface area contributed by atoms with E-state index in [4.69, 9.17) is 5.73 Å². The van der Waals surface area contributed by atoms with Crippen LogP contribution in [0.1, 0.15) is 38.2 Å². The zero-order valence-electron chi connectivity index (χ0n) is 12.6. The van der Waals surface area contributed by atoms with E-state index in [1.54, 1.807) is 0 Å². The van der Waals surface area contributed by atoms with E-state index in [0.29, 0.717) is 12.6 Å². The molecule has 1 aliphatic heterocycles. The molecule has 1 aliphatic rings. The third kappa shape index (κ3) is 3.60. The first kappa shape index (κ1) is 15.5. The highest BCUT2D eigenvalue weighted by Crippen LogP contribution is 2.27. The number of likely N-dealkylation sites (tertiary alicyclic amines) is 1. The van der Waals surface area contributed by atoms with Crippen molar-refractivity contribution in [2.24, 2.45) is 5.73 Å².